The van der Waals surface area contributed by atoms with Gasteiger partial charge >= 0.3 is 0 Å². The zero-order valence-electron chi connectivity index (χ0n) is 13.0. The van der Waals surface area contributed by atoms with Crippen molar-refractivity contribution in [3.63, 3.8) is 0 Å². The summed E-state index contributed by atoms with van der Waals surface area (Å²) in [5.74, 6) is 0. The molecule has 0 aliphatic rings. The molecule has 0 radical (unpaired) electrons. The molecule has 0 aliphatic heterocycles. The Balaban J connectivity index is 2.60. The summed E-state index contributed by atoms with van der Waals surface area (Å²) in [6.45, 7) is 11.9. The van der Waals surface area contributed by atoms with Gasteiger partial charge in [0.2, 0.25) is 0 Å². The Labute approximate surface area is 139 Å². The molecule has 0 N–H and O–H groups in total. The monoisotopic (exact) mass is 362 g/mol. The van der Waals surface area contributed by atoms with Crippen LogP contribution in [0.15, 0.2) is 62.2 Å². The van der Waals surface area contributed by atoms with Gasteiger partial charge in [-0.1, -0.05) is 70.9 Å². The van der Waals surface area contributed by atoms with Crippen LogP contribution in [0.1, 0.15) is 17.5 Å². The number of halogens is 1. The summed E-state index contributed by atoms with van der Waals surface area (Å²) in [4.78, 5) is 0. The first-order valence-electron chi connectivity index (χ1n) is 7.66. The van der Waals surface area contributed by atoms with E-state index in [1.165, 1.54) is 48.1 Å². The van der Waals surface area contributed by atoms with Gasteiger partial charge in [0.15, 0.2) is 0 Å². The lowest BCUT2D eigenvalue weighted by molar-refractivity contribution is 0.891. The molecule has 1 aromatic carbocycles. The SMILES string of the molecule is C=CC[Si](CC=C)(CC=C)CCCc1ccc(CBr)cc1. The van der Waals surface area contributed by atoms with Crippen molar-refractivity contribution in [3.05, 3.63) is 73.4 Å². The molecule has 0 aromatic heterocycles. The molecule has 0 heterocycles. The van der Waals surface area contributed by atoms with E-state index < -0.39 is 8.07 Å². The average Bonchev–Trinajstić information content (AvgIpc) is 2.49. The third-order valence-corrected chi connectivity index (χ3v) is 9.61. The molecule has 0 amide bonds. The van der Waals surface area contributed by atoms with Crippen LogP contribution in [0.5, 0.6) is 0 Å². The molecular weight excluding hydrogens is 336 g/mol. The number of hydrogen-bond donors (Lipinski definition) is 0. The maximum atomic E-state index is 3.96. The van der Waals surface area contributed by atoms with Crippen molar-refractivity contribution < 1.29 is 0 Å². The van der Waals surface area contributed by atoms with Gasteiger partial charge in [-0.25, -0.2) is 0 Å². The van der Waals surface area contributed by atoms with Crippen LogP contribution < -0.4 is 0 Å². The Hall–Kier alpha value is -0.863. The van der Waals surface area contributed by atoms with Crippen molar-refractivity contribution in [2.75, 3.05) is 0 Å². The Morgan fingerprint density at radius 3 is 1.76 bits per heavy atom. The molecule has 0 unspecified atom stereocenters. The molecule has 0 aliphatic carbocycles. The van der Waals surface area contributed by atoms with Crippen LogP contribution in [0.3, 0.4) is 0 Å². The van der Waals surface area contributed by atoms with Crippen molar-refractivity contribution in [1.29, 1.82) is 0 Å². The van der Waals surface area contributed by atoms with E-state index in [2.05, 4.69) is 78.2 Å². The van der Waals surface area contributed by atoms with Crippen LogP contribution in [0.4, 0.5) is 0 Å². The molecule has 0 bridgehead atoms. The largest absolute Gasteiger partial charge is 0.103 e. The first-order valence-corrected chi connectivity index (χ1v) is 11.6. The average molecular weight is 363 g/mol. The molecule has 0 saturated carbocycles. The van der Waals surface area contributed by atoms with E-state index in [-0.39, 0.29) is 0 Å². The van der Waals surface area contributed by atoms with Crippen LogP contribution in [0.25, 0.3) is 0 Å². The fourth-order valence-electron chi connectivity index (χ4n) is 2.94. The van der Waals surface area contributed by atoms with E-state index in [4.69, 9.17) is 0 Å². The van der Waals surface area contributed by atoms with Gasteiger partial charge in [-0.05, 0) is 35.7 Å². The second-order valence-corrected chi connectivity index (χ2v) is 11.1. The van der Waals surface area contributed by atoms with Gasteiger partial charge in [-0.3, -0.25) is 0 Å². The van der Waals surface area contributed by atoms with Gasteiger partial charge in [0, 0.05) is 5.33 Å². The third kappa shape index (κ3) is 6.19. The second kappa shape index (κ2) is 9.96. The molecule has 0 saturated heterocycles. The lowest BCUT2D eigenvalue weighted by Crippen LogP contribution is -2.32. The Morgan fingerprint density at radius 1 is 0.857 bits per heavy atom. The number of allylic oxidation sites excluding steroid dienone is 3. The highest BCUT2D eigenvalue weighted by atomic mass is 79.9. The molecule has 1 aromatic rings. The van der Waals surface area contributed by atoms with Crippen LogP contribution in [0.2, 0.25) is 24.2 Å². The number of hydrogen-bond acceptors (Lipinski definition) is 0. The first kappa shape index (κ1) is 18.2. The Kier molecular flexibility index (Phi) is 8.63. The quantitative estimate of drug-likeness (QED) is 0.238. The molecule has 0 fully saturated rings. The third-order valence-electron chi connectivity index (χ3n) is 4.08. The molecule has 0 spiro atoms. The van der Waals surface area contributed by atoms with Crippen molar-refractivity contribution >= 4 is 24.0 Å². The summed E-state index contributed by atoms with van der Waals surface area (Å²) in [7, 11) is -1.33. The zero-order valence-corrected chi connectivity index (χ0v) is 15.6. The standard InChI is InChI=1S/C19H27BrSi/c1-4-13-21(14-5-2,15-6-3)16-7-8-18-9-11-19(17-20)12-10-18/h4-6,9-12H,1-3,7-8,13-17H2. The zero-order chi connectivity index (χ0) is 15.6. The molecule has 21 heavy (non-hydrogen) atoms. The van der Waals surface area contributed by atoms with Gasteiger partial charge in [-0.2, -0.15) is 0 Å². The van der Waals surface area contributed by atoms with Crippen molar-refractivity contribution in [1.82, 2.24) is 0 Å². The fraction of sp³-hybridized carbons (Fsp3) is 0.368. The summed E-state index contributed by atoms with van der Waals surface area (Å²) < 4.78 is 0. The predicted octanol–water partition coefficient (Wildman–Crippen LogP) is 6.52. The summed E-state index contributed by atoms with van der Waals surface area (Å²) in [6.07, 6.45) is 8.73. The maximum absolute atomic E-state index is 3.96. The molecule has 0 nitrogen and oxygen atoms in total. The normalized spacial score (nSPS) is 11.1. The van der Waals surface area contributed by atoms with E-state index in [1.807, 2.05) is 0 Å². The summed E-state index contributed by atoms with van der Waals surface area (Å²) in [6, 6.07) is 13.8. The van der Waals surface area contributed by atoms with E-state index in [1.54, 1.807) is 0 Å². The van der Waals surface area contributed by atoms with E-state index in [9.17, 15) is 0 Å². The molecule has 114 valence electrons. The maximum Gasteiger partial charge on any atom is 0.0648 e. The van der Waals surface area contributed by atoms with Crippen LogP contribution >= 0.6 is 15.9 Å². The van der Waals surface area contributed by atoms with Gasteiger partial charge in [0.25, 0.3) is 0 Å². The van der Waals surface area contributed by atoms with E-state index >= 15 is 0 Å². The van der Waals surface area contributed by atoms with E-state index in [0.29, 0.717) is 0 Å². The van der Waals surface area contributed by atoms with Gasteiger partial charge in [-0.15, -0.1) is 19.7 Å². The Bertz CT molecular complexity index is 421. The number of benzene rings is 1. The van der Waals surface area contributed by atoms with Crippen molar-refractivity contribution in [2.45, 2.75) is 42.3 Å². The van der Waals surface area contributed by atoms with Crippen LogP contribution in [0, 0.1) is 0 Å². The van der Waals surface area contributed by atoms with Crippen molar-refractivity contribution in [3.8, 4) is 0 Å². The number of aryl methyl sites for hydroxylation is 1. The lowest BCUT2D eigenvalue weighted by atomic mass is 10.1. The van der Waals surface area contributed by atoms with Crippen molar-refractivity contribution in [2.24, 2.45) is 0 Å². The number of rotatable bonds is 11. The minimum absolute atomic E-state index is 0.932. The predicted molar refractivity (Wildman–Crippen MR) is 103 cm³/mol. The lowest BCUT2D eigenvalue weighted by Gasteiger charge is -2.28. The molecular formula is C19H27BrSi. The van der Waals surface area contributed by atoms with Gasteiger partial charge in [0.1, 0.15) is 0 Å². The van der Waals surface area contributed by atoms with E-state index in [0.717, 1.165) is 5.33 Å². The van der Waals surface area contributed by atoms with Gasteiger partial charge < -0.3 is 0 Å². The summed E-state index contributed by atoms with van der Waals surface area (Å²) in [5.41, 5.74) is 2.78. The second-order valence-electron chi connectivity index (χ2n) is 5.78. The highest BCUT2D eigenvalue weighted by Gasteiger charge is 2.27. The smallest absolute Gasteiger partial charge is 0.0648 e. The minimum atomic E-state index is -1.33. The van der Waals surface area contributed by atoms with Crippen LogP contribution in [-0.4, -0.2) is 8.07 Å². The van der Waals surface area contributed by atoms with Crippen LogP contribution in [-0.2, 0) is 11.8 Å². The highest BCUT2D eigenvalue weighted by Crippen LogP contribution is 2.29. The molecule has 0 atom stereocenters. The van der Waals surface area contributed by atoms with Gasteiger partial charge in [0.05, 0.1) is 8.07 Å². The number of alkyl halides is 1. The highest BCUT2D eigenvalue weighted by molar-refractivity contribution is 9.08. The fourth-order valence-corrected chi connectivity index (χ4v) is 7.19. The molecule has 1 rings (SSSR count). The first-order chi connectivity index (χ1) is 10.2. The molecule has 2 heteroatoms. The summed E-state index contributed by atoms with van der Waals surface area (Å²) >= 11 is 3.49. The summed E-state index contributed by atoms with van der Waals surface area (Å²) in [5, 5.41) is 0.932. The topological polar surface area (TPSA) is 0 Å². The minimum Gasteiger partial charge on any atom is -0.103 e. The Morgan fingerprint density at radius 2 is 1.33 bits per heavy atom.